The molecule has 1 aliphatic heterocycles. The molecule has 1 fully saturated rings. The smallest absolute Gasteiger partial charge is 0.225 e. The van der Waals surface area contributed by atoms with E-state index in [1.54, 1.807) is 13.3 Å². The molecule has 96 valence electrons. The number of hydrogen-bond donors (Lipinski definition) is 1. The first-order chi connectivity index (χ1) is 8.88. The van der Waals surface area contributed by atoms with Crippen molar-refractivity contribution in [3.05, 3.63) is 12.3 Å². The molecule has 0 amide bonds. The summed E-state index contributed by atoms with van der Waals surface area (Å²) in [5, 5.41) is 11.6. The van der Waals surface area contributed by atoms with Crippen molar-refractivity contribution in [3.63, 3.8) is 0 Å². The SMILES string of the molecule is COc1cc(-c2cnnn2C2CCCNC2)sn1. The molecule has 0 aliphatic carbocycles. The van der Waals surface area contributed by atoms with Crippen molar-refractivity contribution in [2.24, 2.45) is 0 Å². The van der Waals surface area contributed by atoms with Crippen LogP contribution < -0.4 is 10.1 Å². The molecule has 3 heterocycles. The minimum atomic E-state index is 0.379. The zero-order valence-electron chi connectivity index (χ0n) is 10.2. The van der Waals surface area contributed by atoms with Crippen LogP contribution in [0.2, 0.25) is 0 Å². The third kappa shape index (κ3) is 2.11. The van der Waals surface area contributed by atoms with Crippen molar-refractivity contribution in [2.75, 3.05) is 20.2 Å². The molecule has 2 aromatic rings. The second kappa shape index (κ2) is 5.03. The zero-order valence-corrected chi connectivity index (χ0v) is 11.0. The van der Waals surface area contributed by atoms with E-state index >= 15 is 0 Å². The Bertz CT molecular complexity index is 517. The van der Waals surface area contributed by atoms with Crippen LogP contribution in [0.3, 0.4) is 0 Å². The summed E-state index contributed by atoms with van der Waals surface area (Å²) in [6, 6.07) is 2.31. The van der Waals surface area contributed by atoms with Crippen LogP contribution in [0.1, 0.15) is 18.9 Å². The van der Waals surface area contributed by atoms with E-state index in [0.717, 1.165) is 30.1 Å². The highest BCUT2D eigenvalue weighted by molar-refractivity contribution is 7.09. The van der Waals surface area contributed by atoms with E-state index in [1.165, 1.54) is 18.0 Å². The number of ether oxygens (including phenoxy) is 1. The lowest BCUT2D eigenvalue weighted by molar-refractivity contribution is 0.344. The Morgan fingerprint density at radius 2 is 2.50 bits per heavy atom. The van der Waals surface area contributed by atoms with Gasteiger partial charge in [-0.3, -0.25) is 0 Å². The van der Waals surface area contributed by atoms with Crippen LogP contribution in [0.15, 0.2) is 12.3 Å². The summed E-state index contributed by atoms with van der Waals surface area (Å²) in [6.45, 7) is 2.04. The Kier molecular flexibility index (Phi) is 3.24. The highest BCUT2D eigenvalue weighted by Gasteiger charge is 2.20. The largest absolute Gasteiger partial charge is 0.480 e. The van der Waals surface area contributed by atoms with Crippen LogP contribution in [0.4, 0.5) is 0 Å². The zero-order chi connectivity index (χ0) is 12.4. The van der Waals surface area contributed by atoms with E-state index < -0.39 is 0 Å². The number of hydrogen-bond acceptors (Lipinski definition) is 6. The van der Waals surface area contributed by atoms with Crippen LogP contribution in [-0.2, 0) is 0 Å². The minimum absolute atomic E-state index is 0.379. The maximum Gasteiger partial charge on any atom is 0.225 e. The fourth-order valence-electron chi connectivity index (χ4n) is 2.21. The van der Waals surface area contributed by atoms with Gasteiger partial charge < -0.3 is 10.1 Å². The molecule has 1 saturated heterocycles. The maximum atomic E-state index is 5.12. The van der Waals surface area contributed by atoms with Crippen LogP contribution >= 0.6 is 11.5 Å². The summed E-state index contributed by atoms with van der Waals surface area (Å²) in [5.74, 6) is 0.643. The number of aromatic nitrogens is 4. The second-order valence-electron chi connectivity index (χ2n) is 4.30. The van der Waals surface area contributed by atoms with E-state index in [-0.39, 0.29) is 0 Å². The lowest BCUT2D eigenvalue weighted by Gasteiger charge is -2.23. The van der Waals surface area contributed by atoms with Crippen molar-refractivity contribution < 1.29 is 4.74 Å². The van der Waals surface area contributed by atoms with Gasteiger partial charge >= 0.3 is 0 Å². The van der Waals surface area contributed by atoms with Gasteiger partial charge in [-0.1, -0.05) is 5.21 Å². The molecule has 1 unspecified atom stereocenters. The standard InChI is InChI=1S/C11H15N5OS/c1-17-11-5-10(18-14-11)9-7-13-15-16(9)8-3-2-4-12-6-8/h5,7-8,12H,2-4,6H2,1H3. The first-order valence-corrected chi connectivity index (χ1v) is 6.78. The van der Waals surface area contributed by atoms with E-state index in [2.05, 4.69) is 20.0 Å². The van der Waals surface area contributed by atoms with E-state index in [9.17, 15) is 0 Å². The third-order valence-corrected chi connectivity index (χ3v) is 3.94. The number of nitrogens with zero attached hydrogens (tertiary/aromatic N) is 4. The molecule has 1 aliphatic rings. The topological polar surface area (TPSA) is 64.9 Å². The van der Waals surface area contributed by atoms with E-state index in [4.69, 9.17) is 4.74 Å². The van der Waals surface area contributed by atoms with Crippen LogP contribution in [0, 0.1) is 0 Å². The van der Waals surface area contributed by atoms with Crippen molar-refractivity contribution in [3.8, 4) is 16.5 Å². The van der Waals surface area contributed by atoms with Crippen LogP contribution in [0.5, 0.6) is 5.88 Å². The van der Waals surface area contributed by atoms with Crippen LogP contribution in [0.25, 0.3) is 10.6 Å². The van der Waals surface area contributed by atoms with Gasteiger partial charge in [0.2, 0.25) is 5.88 Å². The van der Waals surface area contributed by atoms with Gasteiger partial charge in [-0.25, -0.2) is 4.68 Å². The molecule has 0 bridgehead atoms. The quantitative estimate of drug-likeness (QED) is 0.907. The fraction of sp³-hybridized carbons (Fsp3) is 0.545. The molecule has 6 nitrogen and oxygen atoms in total. The molecule has 18 heavy (non-hydrogen) atoms. The first-order valence-electron chi connectivity index (χ1n) is 6.00. The maximum absolute atomic E-state index is 5.12. The summed E-state index contributed by atoms with van der Waals surface area (Å²) < 4.78 is 11.3. The van der Waals surface area contributed by atoms with Crippen molar-refractivity contribution in [1.82, 2.24) is 24.7 Å². The van der Waals surface area contributed by atoms with Gasteiger partial charge in [0.25, 0.3) is 0 Å². The highest BCUT2D eigenvalue weighted by Crippen LogP contribution is 2.30. The lowest BCUT2D eigenvalue weighted by Crippen LogP contribution is -2.32. The van der Waals surface area contributed by atoms with Crippen LogP contribution in [-0.4, -0.2) is 39.6 Å². The van der Waals surface area contributed by atoms with E-state index in [0.29, 0.717) is 11.9 Å². The van der Waals surface area contributed by atoms with Crippen molar-refractivity contribution in [1.29, 1.82) is 0 Å². The predicted octanol–water partition coefficient (Wildman–Crippen LogP) is 1.33. The number of nitrogens with one attached hydrogen (secondary N) is 1. The van der Waals surface area contributed by atoms with Gasteiger partial charge in [0.1, 0.15) is 5.69 Å². The Labute approximate surface area is 109 Å². The first kappa shape index (κ1) is 11.6. The lowest BCUT2D eigenvalue weighted by atomic mass is 10.1. The summed E-state index contributed by atoms with van der Waals surface area (Å²) in [5.41, 5.74) is 1.02. The summed E-state index contributed by atoms with van der Waals surface area (Å²) >= 11 is 1.41. The van der Waals surface area contributed by atoms with Gasteiger partial charge in [-0.15, -0.1) is 5.10 Å². The normalized spacial score (nSPS) is 19.9. The molecule has 1 atom stereocenters. The van der Waals surface area contributed by atoms with Gasteiger partial charge in [0.15, 0.2) is 0 Å². The Morgan fingerprint density at radius 1 is 1.56 bits per heavy atom. The minimum Gasteiger partial charge on any atom is -0.480 e. The van der Waals surface area contributed by atoms with Gasteiger partial charge in [0, 0.05) is 12.6 Å². The summed E-state index contributed by atoms with van der Waals surface area (Å²) in [4.78, 5) is 1.04. The van der Waals surface area contributed by atoms with Crippen molar-refractivity contribution >= 4 is 11.5 Å². The molecule has 3 rings (SSSR count). The Balaban J connectivity index is 1.90. The van der Waals surface area contributed by atoms with Gasteiger partial charge in [0.05, 0.1) is 24.2 Å². The molecule has 2 aromatic heterocycles. The van der Waals surface area contributed by atoms with Gasteiger partial charge in [-0.2, -0.15) is 4.37 Å². The predicted molar refractivity (Wildman–Crippen MR) is 68.8 cm³/mol. The third-order valence-electron chi connectivity index (χ3n) is 3.14. The van der Waals surface area contributed by atoms with E-state index in [1.807, 2.05) is 10.7 Å². The number of methoxy groups -OCH3 is 1. The molecular weight excluding hydrogens is 250 g/mol. The molecule has 0 saturated carbocycles. The Hall–Kier alpha value is -1.47. The highest BCUT2D eigenvalue weighted by atomic mass is 32.1. The van der Waals surface area contributed by atoms with Gasteiger partial charge in [-0.05, 0) is 30.9 Å². The molecule has 0 spiro atoms. The molecule has 7 heteroatoms. The monoisotopic (exact) mass is 265 g/mol. The second-order valence-corrected chi connectivity index (χ2v) is 5.10. The molecular formula is C11H15N5OS. The number of piperidine rings is 1. The summed E-state index contributed by atoms with van der Waals surface area (Å²) in [6.07, 6.45) is 4.11. The van der Waals surface area contributed by atoms with Crippen molar-refractivity contribution in [2.45, 2.75) is 18.9 Å². The average molecular weight is 265 g/mol. The number of rotatable bonds is 3. The Morgan fingerprint density at radius 3 is 3.22 bits per heavy atom. The fourth-order valence-corrected chi connectivity index (χ4v) is 2.92. The molecule has 0 aromatic carbocycles. The average Bonchev–Trinajstić information content (AvgIpc) is 3.08. The molecule has 1 N–H and O–H groups in total. The molecule has 0 radical (unpaired) electrons. The summed E-state index contributed by atoms with van der Waals surface area (Å²) in [7, 11) is 1.62.